The molecule has 1 N–H and O–H groups in total. The van der Waals surface area contributed by atoms with E-state index in [1.54, 1.807) is 24.3 Å². The molecule has 0 bridgehead atoms. The lowest BCUT2D eigenvalue weighted by Crippen LogP contribution is -2.39. The zero-order valence-electron chi connectivity index (χ0n) is 16.2. The van der Waals surface area contributed by atoms with Crippen LogP contribution in [0.4, 0.5) is 5.69 Å². The summed E-state index contributed by atoms with van der Waals surface area (Å²) in [6.45, 7) is 2.33. The second-order valence-corrected chi connectivity index (χ2v) is 7.17. The van der Waals surface area contributed by atoms with Crippen LogP contribution < -0.4 is 5.32 Å². The Bertz CT molecular complexity index is 863. The van der Waals surface area contributed by atoms with Crippen LogP contribution in [0.1, 0.15) is 37.0 Å². The first kappa shape index (κ1) is 20.4. The third-order valence-electron chi connectivity index (χ3n) is 5.12. The van der Waals surface area contributed by atoms with Crippen molar-refractivity contribution in [3.63, 3.8) is 0 Å². The van der Waals surface area contributed by atoms with Crippen molar-refractivity contribution >= 4 is 35.2 Å². The molecule has 1 saturated heterocycles. The lowest BCUT2D eigenvalue weighted by Gasteiger charge is -2.17. The van der Waals surface area contributed by atoms with E-state index in [0.29, 0.717) is 24.1 Å². The summed E-state index contributed by atoms with van der Waals surface area (Å²) in [6.07, 6.45) is 3.59. The molecular weight excluding hydrogens is 376 g/mol. The number of Topliss-reactive ketones (excluding diaryl/α,β-unsaturated/α-hetero) is 1. The van der Waals surface area contributed by atoms with Crippen molar-refractivity contribution in [1.29, 1.82) is 0 Å². The number of allylic oxidation sites excluding steroid dienone is 2. The van der Waals surface area contributed by atoms with Crippen LogP contribution in [-0.4, -0.2) is 47.0 Å². The minimum absolute atomic E-state index is 0.0909. The largest absolute Gasteiger partial charge is 0.451 e. The molecule has 8 heteroatoms. The quantitative estimate of drug-likeness (QED) is 0.338. The van der Waals surface area contributed by atoms with Gasteiger partial charge in [-0.1, -0.05) is 12.2 Å². The molecule has 3 amide bonds. The van der Waals surface area contributed by atoms with Gasteiger partial charge in [-0.15, -0.1) is 0 Å². The summed E-state index contributed by atoms with van der Waals surface area (Å²) in [6, 6.07) is 6.29. The number of nitrogens with zero attached hydrogens (tertiary/aromatic N) is 1. The number of ketones is 1. The monoisotopic (exact) mass is 398 g/mol. The van der Waals surface area contributed by atoms with Gasteiger partial charge in [0.15, 0.2) is 11.9 Å². The molecule has 0 aromatic heterocycles. The van der Waals surface area contributed by atoms with E-state index in [0.717, 1.165) is 4.90 Å². The number of esters is 1. The summed E-state index contributed by atoms with van der Waals surface area (Å²) >= 11 is 0. The molecule has 0 saturated carbocycles. The number of nitrogens with one attached hydrogen (secondary N) is 1. The molecule has 1 aromatic carbocycles. The van der Waals surface area contributed by atoms with Gasteiger partial charge in [-0.25, -0.2) is 0 Å². The summed E-state index contributed by atoms with van der Waals surface area (Å²) in [7, 11) is 0. The Kier molecular flexibility index (Phi) is 5.91. The van der Waals surface area contributed by atoms with Crippen molar-refractivity contribution in [3.05, 3.63) is 42.0 Å². The number of ether oxygens (including phenoxy) is 1. The standard InChI is InChI=1S/C21H22N2O6/c1-12(24)14-7-9-15(10-8-14)22-19(26)13(2)29-18(25)11-23-20(27)16-5-3-4-6-17(16)21(23)28/h3-4,7-10,13,16-17H,5-6,11H2,1-2H3,(H,22,26)/t13-,16-,17+/m1/s1. The fourth-order valence-corrected chi connectivity index (χ4v) is 3.47. The van der Waals surface area contributed by atoms with Crippen molar-refractivity contribution in [2.75, 3.05) is 11.9 Å². The van der Waals surface area contributed by atoms with Crippen LogP contribution in [0.5, 0.6) is 0 Å². The van der Waals surface area contributed by atoms with E-state index in [1.165, 1.54) is 13.8 Å². The number of hydrogen-bond donors (Lipinski definition) is 1. The van der Waals surface area contributed by atoms with Crippen LogP contribution in [0, 0.1) is 11.8 Å². The van der Waals surface area contributed by atoms with E-state index < -0.39 is 36.4 Å². The molecule has 152 valence electrons. The maximum absolute atomic E-state index is 12.4. The highest BCUT2D eigenvalue weighted by Gasteiger charge is 2.47. The number of likely N-dealkylation sites (tertiary alicyclic amines) is 1. The van der Waals surface area contributed by atoms with Gasteiger partial charge in [-0.05, 0) is 51.0 Å². The summed E-state index contributed by atoms with van der Waals surface area (Å²) in [5.41, 5.74) is 0.961. The van der Waals surface area contributed by atoms with Gasteiger partial charge in [0, 0.05) is 11.3 Å². The van der Waals surface area contributed by atoms with E-state index in [9.17, 15) is 24.0 Å². The lowest BCUT2D eigenvalue weighted by atomic mass is 9.85. The SMILES string of the molecule is CC(=O)c1ccc(NC(=O)[C@@H](C)OC(=O)CN2C(=O)[C@H]3CC=CC[C@H]3C2=O)cc1. The van der Waals surface area contributed by atoms with Crippen molar-refractivity contribution < 1.29 is 28.7 Å². The van der Waals surface area contributed by atoms with Crippen LogP contribution in [0.25, 0.3) is 0 Å². The predicted octanol–water partition coefficient (Wildman–Crippen LogP) is 1.71. The number of fused-ring (bicyclic) bond motifs is 1. The number of imide groups is 1. The Labute approximate surface area is 167 Å². The van der Waals surface area contributed by atoms with Crippen molar-refractivity contribution in [2.45, 2.75) is 32.8 Å². The number of rotatable bonds is 6. The Balaban J connectivity index is 1.53. The number of hydrogen-bond acceptors (Lipinski definition) is 6. The van der Waals surface area contributed by atoms with E-state index in [4.69, 9.17) is 4.74 Å². The number of amides is 3. The molecule has 1 aromatic rings. The first-order chi connectivity index (χ1) is 13.8. The molecule has 8 nitrogen and oxygen atoms in total. The van der Waals surface area contributed by atoms with E-state index in [1.807, 2.05) is 12.2 Å². The number of benzene rings is 1. The summed E-state index contributed by atoms with van der Waals surface area (Å²) in [5, 5.41) is 2.58. The average molecular weight is 398 g/mol. The van der Waals surface area contributed by atoms with Crippen molar-refractivity contribution in [1.82, 2.24) is 4.90 Å². The molecule has 1 heterocycles. The van der Waals surface area contributed by atoms with Crippen molar-refractivity contribution in [3.8, 4) is 0 Å². The molecule has 3 rings (SSSR count). The molecule has 1 fully saturated rings. The minimum atomic E-state index is -1.12. The highest BCUT2D eigenvalue weighted by Crippen LogP contribution is 2.34. The second kappa shape index (κ2) is 8.38. The van der Waals surface area contributed by atoms with Crippen LogP contribution >= 0.6 is 0 Å². The first-order valence-electron chi connectivity index (χ1n) is 9.39. The van der Waals surface area contributed by atoms with E-state index in [2.05, 4.69) is 5.32 Å². The van der Waals surface area contributed by atoms with Gasteiger partial charge in [-0.3, -0.25) is 28.9 Å². The zero-order chi connectivity index (χ0) is 21.1. The van der Waals surface area contributed by atoms with Crippen molar-refractivity contribution in [2.24, 2.45) is 11.8 Å². The third kappa shape index (κ3) is 4.42. The molecule has 29 heavy (non-hydrogen) atoms. The summed E-state index contributed by atoms with van der Waals surface area (Å²) in [5.74, 6) is -3.06. The molecular formula is C21H22N2O6. The van der Waals surface area contributed by atoms with Crippen LogP contribution in [0.2, 0.25) is 0 Å². The first-order valence-corrected chi connectivity index (χ1v) is 9.39. The Morgan fingerprint density at radius 1 is 1.07 bits per heavy atom. The highest BCUT2D eigenvalue weighted by atomic mass is 16.5. The maximum Gasteiger partial charge on any atom is 0.326 e. The summed E-state index contributed by atoms with van der Waals surface area (Å²) in [4.78, 5) is 61.4. The van der Waals surface area contributed by atoms with Gasteiger partial charge in [0.1, 0.15) is 6.54 Å². The number of carbonyl (C=O) groups excluding carboxylic acids is 5. The number of carbonyl (C=O) groups is 5. The molecule has 0 spiro atoms. The smallest absolute Gasteiger partial charge is 0.326 e. The molecule has 0 unspecified atom stereocenters. The fourth-order valence-electron chi connectivity index (χ4n) is 3.47. The molecule has 0 radical (unpaired) electrons. The normalized spacial score (nSPS) is 21.5. The van der Waals surface area contributed by atoms with Gasteiger partial charge in [0.05, 0.1) is 11.8 Å². The lowest BCUT2D eigenvalue weighted by molar-refractivity contribution is -0.158. The van der Waals surface area contributed by atoms with Crippen LogP contribution in [-0.2, 0) is 23.9 Å². The molecule has 3 atom stereocenters. The average Bonchev–Trinajstić information content (AvgIpc) is 2.93. The Morgan fingerprint density at radius 3 is 2.14 bits per heavy atom. The van der Waals surface area contributed by atoms with Crippen LogP contribution in [0.3, 0.4) is 0 Å². The van der Waals surface area contributed by atoms with E-state index in [-0.39, 0.29) is 17.6 Å². The van der Waals surface area contributed by atoms with Crippen LogP contribution in [0.15, 0.2) is 36.4 Å². The third-order valence-corrected chi connectivity index (χ3v) is 5.12. The van der Waals surface area contributed by atoms with E-state index >= 15 is 0 Å². The minimum Gasteiger partial charge on any atom is -0.451 e. The number of anilines is 1. The highest BCUT2D eigenvalue weighted by molar-refractivity contribution is 6.07. The second-order valence-electron chi connectivity index (χ2n) is 7.17. The Morgan fingerprint density at radius 2 is 1.62 bits per heavy atom. The molecule has 1 aliphatic carbocycles. The topological polar surface area (TPSA) is 110 Å². The summed E-state index contributed by atoms with van der Waals surface area (Å²) < 4.78 is 5.09. The van der Waals surface area contributed by atoms with Gasteiger partial charge in [0.25, 0.3) is 5.91 Å². The van der Waals surface area contributed by atoms with Gasteiger partial charge in [-0.2, -0.15) is 0 Å². The van der Waals surface area contributed by atoms with Gasteiger partial charge >= 0.3 is 5.97 Å². The Hall–Kier alpha value is -3.29. The molecule has 1 aliphatic heterocycles. The zero-order valence-corrected chi connectivity index (χ0v) is 16.2. The van der Waals surface area contributed by atoms with Gasteiger partial charge in [0.2, 0.25) is 11.8 Å². The fraction of sp³-hybridized carbons (Fsp3) is 0.381. The predicted molar refractivity (Wildman–Crippen MR) is 103 cm³/mol. The maximum atomic E-state index is 12.4. The molecule has 2 aliphatic rings. The van der Waals surface area contributed by atoms with Gasteiger partial charge < -0.3 is 10.1 Å².